The molecule has 0 saturated heterocycles. The molecule has 0 bridgehead atoms. The van der Waals surface area contributed by atoms with E-state index in [9.17, 15) is 9.18 Å². The normalized spacial score (nSPS) is 13.9. The SMILES string of the molecule is CCOC(=O)C(NC(C)CC)c1cc(F)cc(Cl)c1. The van der Waals surface area contributed by atoms with Crippen molar-refractivity contribution in [2.45, 2.75) is 39.3 Å². The van der Waals surface area contributed by atoms with Gasteiger partial charge in [-0.05, 0) is 44.0 Å². The molecule has 0 aromatic heterocycles. The fourth-order valence-corrected chi connectivity index (χ4v) is 1.90. The predicted octanol–water partition coefficient (Wildman–Crippen LogP) is 3.47. The number of benzene rings is 1. The lowest BCUT2D eigenvalue weighted by atomic mass is 10.1. The van der Waals surface area contributed by atoms with Crippen LogP contribution in [0.2, 0.25) is 5.02 Å². The number of esters is 1. The highest BCUT2D eigenvalue weighted by atomic mass is 35.5. The van der Waals surface area contributed by atoms with E-state index in [0.717, 1.165) is 6.42 Å². The third kappa shape index (κ3) is 4.80. The lowest BCUT2D eigenvalue weighted by molar-refractivity contribution is -0.146. The number of carbonyl (C=O) groups excluding carboxylic acids is 1. The first-order valence-corrected chi connectivity index (χ1v) is 6.74. The van der Waals surface area contributed by atoms with E-state index in [0.29, 0.717) is 5.56 Å². The van der Waals surface area contributed by atoms with Gasteiger partial charge in [0.2, 0.25) is 0 Å². The summed E-state index contributed by atoms with van der Waals surface area (Å²) in [6.07, 6.45) is 0.846. The predicted molar refractivity (Wildman–Crippen MR) is 73.7 cm³/mol. The van der Waals surface area contributed by atoms with Crippen molar-refractivity contribution in [3.05, 3.63) is 34.6 Å². The van der Waals surface area contributed by atoms with Gasteiger partial charge >= 0.3 is 5.97 Å². The zero-order valence-corrected chi connectivity index (χ0v) is 12.1. The van der Waals surface area contributed by atoms with Crippen LogP contribution < -0.4 is 5.32 Å². The maximum atomic E-state index is 13.4. The quantitative estimate of drug-likeness (QED) is 0.814. The molecule has 106 valence electrons. The maximum Gasteiger partial charge on any atom is 0.327 e. The summed E-state index contributed by atoms with van der Waals surface area (Å²) in [4.78, 5) is 12.0. The Labute approximate surface area is 118 Å². The standard InChI is InChI=1S/C14H19ClFNO2/c1-4-9(3)17-13(14(18)19-5-2)10-6-11(15)8-12(16)7-10/h6-9,13,17H,4-5H2,1-3H3. The highest BCUT2D eigenvalue weighted by molar-refractivity contribution is 6.30. The van der Waals surface area contributed by atoms with Gasteiger partial charge in [0.05, 0.1) is 6.61 Å². The van der Waals surface area contributed by atoms with Crippen LogP contribution in [-0.4, -0.2) is 18.6 Å². The summed E-state index contributed by atoms with van der Waals surface area (Å²) in [7, 11) is 0. The highest BCUT2D eigenvalue weighted by Gasteiger charge is 2.24. The summed E-state index contributed by atoms with van der Waals surface area (Å²) in [5, 5.41) is 3.38. The summed E-state index contributed by atoms with van der Waals surface area (Å²) in [6, 6.07) is 3.47. The monoisotopic (exact) mass is 287 g/mol. The minimum Gasteiger partial charge on any atom is -0.465 e. The van der Waals surface area contributed by atoms with Gasteiger partial charge in [-0.3, -0.25) is 5.32 Å². The first kappa shape index (κ1) is 15.9. The van der Waals surface area contributed by atoms with Crippen LogP contribution in [0.4, 0.5) is 4.39 Å². The summed E-state index contributed by atoms with van der Waals surface area (Å²) < 4.78 is 18.4. The molecule has 0 fully saturated rings. The van der Waals surface area contributed by atoms with Crippen LogP contribution in [0.1, 0.15) is 38.8 Å². The van der Waals surface area contributed by atoms with Crippen molar-refractivity contribution in [2.24, 2.45) is 0 Å². The lowest BCUT2D eigenvalue weighted by Crippen LogP contribution is -2.36. The molecule has 3 nitrogen and oxygen atoms in total. The van der Waals surface area contributed by atoms with Crippen LogP contribution in [0.25, 0.3) is 0 Å². The minimum atomic E-state index is -0.705. The molecule has 0 heterocycles. The Morgan fingerprint density at radius 3 is 2.63 bits per heavy atom. The van der Waals surface area contributed by atoms with Gasteiger partial charge in [-0.15, -0.1) is 0 Å². The van der Waals surface area contributed by atoms with Crippen molar-refractivity contribution in [1.29, 1.82) is 0 Å². The zero-order chi connectivity index (χ0) is 14.4. The Balaban J connectivity index is 3.03. The molecule has 1 aromatic rings. The molecule has 5 heteroatoms. The number of carbonyl (C=O) groups is 1. The third-order valence-electron chi connectivity index (χ3n) is 2.80. The van der Waals surface area contributed by atoms with E-state index in [-0.39, 0.29) is 17.7 Å². The van der Waals surface area contributed by atoms with Gasteiger partial charge in [0.1, 0.15) is 11.9 Å². The van der Waals surface area contributed by atoms with Gasteiger partial charge in [0.25, 0.3) is 0 Å². The number of rotatable bonds is 6. The van der Waals surface area contributed by atoms with Crippen molar-refractivity contribution < 1.29 is 13.9 Å². The molecule has 0 aliphatic rings. The van der Waals surface area contributed by atoms with Crippen molar-refractivity contribution in [1.82, 2.24) is 5.32 Å². The van der Waals surface area contributed by atoms with Gasteiger partial charge < -0.3 is 4.74 Å². The molecule has 2 unspecified atom stereocenters. The van der Waals surface area contributed by atoms with Gasteiger partial charge in [-0.1, -0.05) is 18.5 Å². The van der Waals surface area contributed by atoms with Crippen molar-refractivity contribution in [3.8, 4) is 0 Å². The Hall–Kier alpha value is -1.13. The molecule has 1 rings (SSSR count). The Morgan fingerprint density at radius 2 is 2.11 bits per heavy atom. The summed E-state index contributed by atoms with van der Waals surface area (Å²) in [5.74, 6) is -0.896. The van der Waals surface area contributed by atoms with E-state index in [1.807, 2.05) is 13.8 Å². The van der Waals surface area contributed by atoms with Crippen LogP contribution in [0.3, 0.4) is 0 Å². The van der Waals surface area contributed by atoms with Crippen molar-refractivity contribution >= 4 is 17.6 Å². The van der Waals surface area contributed by atoms with Crippen molar-refractivity contribution in [2.75, 3.05) is 6.61 Å². The van der Waals surface area contributed by atoms with Crippen LogP contribution in [0.15, 0.2) is 18.2 Å². The van der Waals surface area contributed by atoms with Crippen molar-refractivity contribution in [3.63, 3.8) is 0 Å². The summed E-state index contributed by atoms with van der Waals surface area (Å²) in [6.45, 7) is 5.96. The molecule has 1 N–H and O–H groups in total. The smallest absolute Gasteiger partial charge is 0.327 e. The average Bonchev–Trinajstić information content (AvgIpc) is 2.34. The highest BCUT2D eigenvalue weighted by Crippen LogP contribution is 2.22. The summed E-state index contributed by atoms with van der Waals surface area (Å²) in [5.41, 5.74) is 0.476. The van der Waals surface area contributed by atoms with E-state index in [4.69, 9.17) is 16.3 Å². The number of hydrogen-bond donors (Lipinski definition) is 1. The molecule has 2 atom stereocenters. The average molecular weight is 288 g/mol. The number of hydrogen-bond acceptors (Lipinski definition) is 3. The van der Waals surface area contributed by atoms with Crippen LogP contribution >= 0.6 is 11.6 Å². The third-order valence-corrected chi connectivity index (χ3v) is 3.02. The van der Waals surface area contributed by atoms with Gasteiger partial charge in [0, 0.05) is 11.1 Å². The topological polar surface area (TPSA) is 38.3 Å². The molecular formula is C14H19ClFNO2. The van der Waals surface area contributed by atoms with E-state index in [1.54, 1.807) is 13.0 Å². The van der Waals surface area contributed by atoms with E-state index >= 15 is 0 Å². The fraction of sp³-hybridized carbons (Fsp3) is 0.500. The molecule has 0 aliphatic heterocycles. The first-order chi connectivity index (χ1) is 8.97. The molecule has 0 spiro atoms. The molecule has 19 heavy (non-hydrogen) atoms. The van der Waals surface area contributed by atoms with Gasteiger partial charge in [0.15, 0.2) is 0 Å². The van der Waals surface area contributed by atoms with Crippen LogP contribution in [0, 0.1) is 5.82 Å². The second kappa shape index (κ2) is 7.46. The Morgan fingerprint density at radius 1 is 1.42 bits per heavy atom. The zero-order valence-electron chi connectivity index (χ0n) is 11.4. The fourth-order valence-electron chi connectivity index (χ4n) is 1.67. The first-order valence-electron chi connectivity index (χ1n) is 6.36. The number of nitrogens with one attached hydrogen (secondary N) is 1. The molecule has 0 saturated carbocycles. The number of halogens is 2. The van der Waals surface area contributed by atoms with E-state index in [2.05, 4.69) is 5.32 Å². The second-order valence-electron chi connectivity index (χ2n) is 4.36. The molecular weight excluding hydrogens is 269 g/mol. The largest absolute Gasteiger partial charge is 0.465 e. The van der Waals surface area contributed by atoms with E-state index in [1.165, 1.54) is 12.1 Å². The lowest BCUT2D eigenvalue weighted by Gasteiger charge is -2.21. The van der Waals surface area contributed by atoms with Gasteiger partial charge in [-0.25, -0.2) is 9.18 Å². The maximum absolute atomic E-state index is 13.4. The van der Waals surface area contributed by atoms with Crippen LogP contribution in [-0.2, 0) is 9.53 Å². The minimum absolute atomic E-state index is 0.108. The number of ether oxygens (including phenoxy) is 1. The Kier molecular flexibility index (Phi) is 6.25. The summed E-state index contributed by atoms with van der Waals surface area (Å²) >= 11 is 5.83. The van der Waals surface area contributed by atoms with Crippen LogP contribution in [0.5, 0.6) is 0 Å². The van der Waals surface area contributed by atoms with E-state index < -0.39 is 17.8 Å². The molecule has 1 aromatic carbocycles. The molecule has 0 aliphatic carbocycles. The Bertz CT molecular complexity index is 419. The molecule has 0 amide bonds. The molecule has 0 radical (unpaired) electrons. The second-order valence-corrected chi connectivity index (χ2v) is 4.80. The van der Waals surface area contributed by atoms with Gasteiger partial charge in [-0.2, -0.15) is 0 Å².